The van der Waals surface area contributed by atoms with Crippen LogP contribution in [0.3, 0.4) is 0 Å². The fourth-order valence-corrected chi connectivity index (χ4v) is 2.88. The Labute approximate surface area is 139 Å². The van der Waals surface area contributed by atoms with Crippen LogP contribution in [0.4, 0.5) is 5.82 Å². The second-order valence-corrected chi connectivity index (χ2v) is 6.45. The molecule has 0 spiro atoms. The quantitative estimate of drug-likeness (QED) is 0.776. The third-order valence-corrected chi connectivity index (χ3v) is 4.05. The second-order valence-electron chi connectivity index (χ2n) is 5.11. The zero-order valence-corrected chi connectivity index (χ0v) is 13.6. The molecule has 9 heteroatoms. The Morgan fingerprint density at radius 3 is 2.71 bits per heavy atom. The fourth-order valence-electron chi connectivity index (χ4n) is 2.05. The molecule has 124 valence electrons. The predicted octanol–water partition coefficient (Wildman–Crippen LogP) is 1.35. The van der Waals surface area contributed by atoms with Crippen LogP contribution < -0.4 is 10.0 Å². The Morgan fingerprint density at radius 1 is 1.21 bits per heavy atom. The van der Waals surface area contributed by atoms with Gasteiger partial charge >= 0.3 is 10.2 Å². The van der Waals surface area contributed by atoms with Gasteiger partial charge in [0.1, 0.15) is 0 Å². The molecule has 0 atom stereocenters. The van der Waals surface area contributed by atoms with Crippen LogP contribution in [0.2, 0.25) is 0 Å². The number of aryl methyl sites for hydroxylation is 1. The van der Waals surface area contributed by atoms with Gasteiger partial charge in [0.2, 0.25) is 0 Å². The lowest BCUT2D eigenvalue weighted by atomic mass is 10.2. The van der Waals surface area contributed by atoms with E-state index in [9.17, 15) is 13.5 Å². The number of pyridine rings is 1. The van der Waals surface area contributed by atoms with Crippen molar-refractivity contribution in [3.63, 3.8) is 0 Å². The molecule has 2 heterocycles. The third kappa shape index (κ3) is 3.69. The molecule has 8 nitrogen and oxygen atoms in total. The molecule has 0 bridgehead atoms. The van der Waals surface area contributed by atoms with Crippen molar-refractivity contribution in [3.05, 3.63) is 53.7 Å². The topological polar surface area (TPSA) is 116 Å². The van der Waals surface area contributed by atoms with E-state index in [0.29, 0.717) is 5.69 Å². The first-order valence-electron chi connectivity index (χ1n) is 7.08. The molecule has 0 saturated carbocycles. The van der Waals surface area contributed by atoms with Crippen molar-refractivity contribution in [1.29, 1.82) is 0 Å². The largest absolute Gasteiger partial charge is 0.504 e. The van der Waals surface area contributed by atoms with Gasteiger partial charge in [-0.2, -0.15) is 8.42 Å². The van der Waals surface area contributed by atoms with E-state index in [2.05, 4.69) is 24.4 Å². The van der Waals surface area contributed by atoms with E-state index in [4.69, 9.17) is 0 Å². The van der Waals surface area contributed by atoms with Gasteiger partial charge in [0.05, 0.1) is 6.54 Å². The number of hydrogen-bond donors (Lipinski definition) is 3. The van der Waals surface area contributed by atoms with Gasteiger partial charge < -0.3 is 10.4 Å². The van der Waals surface area contributed by atoms with Crippen LogP contribution in [0.5, 0.6) is 5.75 Å². The first-order chi connectivity index (χ1) is 11.4. The molecular formula is C15H15N5O3S. The highest BCUT2D eigenvalue weighted by Crippen LogP contribution is 2.21. The van der Waals surface area contributed by atoms with Gasteiger partial charge in [-0.15, -0.1) is 4.40 Å². The zero-order chi connectivity index (χ0) is 17.2. The molecule has 0 saturated heterocycles. The molecule has 0 aliphatic carbocycles. The summed E-state index contributed by atoms with van der Waals surface area (Å²) in [6.07, 6.45) is 0. The van der Waals surface area contributed by atoms with E-state index in [-0.39, 0.29) is 29.8 Å². The van der Waals surface area contributed by atoms with Crippen molar-refractivity contribution in [2.24, 2.45) is 9.39 Å². The van der Waals surface area contributed by atoms with Crippen molar-refractivity contribution in [2.75, 3.05) is 5.32 Å². The molecule has 0 radical (unpaired) electrons. The van der Waals surface area contributed by atoms with Crippen molar-refractivity contribution < 1.29 is 13.5 Å². The summed E-state index contributed by atoms with van der Waals surface area (Å²) in [5, 5.41) is 12.5. The highest BCUT2D eigenvalue weighted by molar-refractivity contribution is 7.89. The Morgan fingerprint density at radius 2 is 1.96 bits per heavy atom. The summed E-state index contributed by atoms with van der Waals surface area (Å²) >= 11 is 0. The van der Waals surface area contributed by atoms with Gasteiger partial charge in [-0.3, -0.25) is 4.99 Å². The summed E-state index contributed by atoms with van der Waals surface area (Å²) in [4.78, 5) is 8.36. The van der Waals surface area contributed by atoms with E-state index in [0.717, 1.165) is 5.56 Å². The Bertz CT molecular complexity index is 923. The van der Waals surface area contributed by atoms with Crippen LogP contribution in [0.15, 0.2) is 51.9 Å². The summed E-state index contributed by atoms with van der Waals surface area (Å²) in [6.45, 7) is 2.03. The number of nitrogens with one attached hydrogen (secondary N) is 2. The van der Waals surface area contributed by atoms with Gasteiger partial charge in [0.15, 0.2) is 23.2 Å². The van der Waals surface area contributed by atoms with Crippen molar-refractivity contribution in [1.82, 2.24) is 9.71 Å². The van der Waals surface area contributed by atoms with E-state index in [1.165, 1.54) is 6.07 Å². The molecule has 0 fully saturated rings. The average molecular weight is 345 g/mol. The summed E-state index contributed by atoms with van der Waals surface area (Å²) in [5.74, 6) is 0.0518. The van der Waals surface area contributed by atoms with Crippen LogP contribution in [-0.4, -0.2) is 30.2 Å². The average Bonchev–Trinajstić information content (AvgIpc) is 2.84. The number of aliphatic imine (C=N–C) groups is 1. The number of nitrogens with zero attached hydrogens (tertiary/aromatic N) is 3. The molecule has 1 aliphatic heterocycles. The van der Waals surface area contributed by atoms with Gasteiger partial charge in [-0.25, -0.2) is 9.71 Å². The molecule has 2 aromatic rings. The van der Waals surface area contributed by atoms with Crippen molar-refractivity contribution in [3.8, 4) is 5.75 Å². The lowest BCUT2D eigenvalue weighted by molar-refractivity contribution is 0.475. The van der Waals surface area contributed by atoms with Crippen molar-refractivity contribution in [2.45, 2.75) is 13.5 Å². The first-order valence-corrected chi connectivity index (χ1v) is 8.52. The van der Waals surface area contributed by atoms with E-state index < -0.39 is 10.2 Å². The summed E-state index contributed by atoms with van der Waals surface area (Å²) in [6, 6.07) is 12.5. The fraction of sp³-hybridized carbons (Fsp3) is 0.133. The number of aromatic hydroxyl groups is 1. The van der Waals surface area contributed by atoms with Gasteiger partial charge in [-0.05, 0) is 24.6 Å². The van der Waals surface area contributed by atoms with Gasteiger partial charge in [-0.1, -0.05) is 30.3 Å². The molecule has 1 aromatic heterocycles. The maximum Gasteiger partial charge on any atom is 0.345 e. The maximum absolute atomic E-state index is 11.7. The monoisotopic (exact) mass is 345 g/mol. The van der Waals surface area contributed by atoms with Crippen molar-refractivity contribution >= 4 is 27.7 Å². The molecule has 0 amide bonds. The highest BCUT2D eigenvalue weighted by Gasteiger charge is 2.27. The molecule has 0 unspecified atom stereocenters. The Kier molecular flexibility index (Phi) is 4.17. The summed E-state index contributed by atoms with van der Waals surface area (Å²) in [5.41, 5.74) is 1.58. The Balaban J connectivity index is 1.87. The zero-order valence-electron chi connectivity index (χ0n) is 12.8. The first kappa shape index (κ1) is 15.9. The normalized spacial score (nSPS) is 17.4. The molecular weight excluding hydrogens is 330 g/mol. The number of anilines is 1. The lowest BCUT2D eigenvalue weighted by Crippen LogP contribution is -2.30. The van der Waals surface area contributed by atoms with Gasteiger partial charge in [0.25, 0.3) is 0 Å². The number of aromatic nitrogens is 1. The minimum atomic E-state index is -3.86. The van der Waals surface area contributed by atoms with E-state index in [1.807, 2.05) is 30.3 Å². The van der Waals surface area contributed by atoms with Crippen LogP contribution in [0, 0.1) is 6.92 Å². The molecule has 3 rings (SSSR count). The SMILES string of the molecule is Cc1ccc(O)c(NC2=NS(=O)(=O)NC2=NCc2ccccc2)n1. The minimum Gasteiger partial charge on any atom is -0.504 e. The highest BCUT2D eigenvalue weighted by atomic mass is 32.2. The maximum atomic E-state index is 11.7. The number of benzene rings is 1. The smallest absolute Gasteiger partial charge is 0.345 e. The predicted molar refractivity (Wildman–Crippen MR) is 91.3 cm³/mol. The van der Waals surface area contributed by atoms with Crippen LogP contribution in [-0.2, 0) is 16.8 Å². The summed E-state index contributed by atoms with van der Waals surface area (Å²) in [7, 11) is -3.86. The van der Waals surface area contributed by atoms with Crippen LogP contribution >= 0.6 is 0 Å². The van der Waals surface area contributed by atoms with Crippen LogP contribution in [0.25, 0.3) is 0 Å². The summed E-state index contributed by atoms with van der Waals surface area (Å²) < 4.78 is 29.2. The van der Waals surface area contributed by atoms with E-state index >= 15 is 0 Å². The number of rotatable bonds is 3. The van der Waals surface area contributed by atoms with Gasteiger partial charge in [0, 0.05) is 5.69 Å². The molecule has 24 heavy (non-hydrogen) atoms. The van der Waals surface area contributed by atoms with Crippen LogP contribution in [0.1, 0.15) is 11.3 Å². The van der Waals surface area contributed by atoms with E-state index in [1.54, 1.807) is 13.0 Å². The molecule has 3 N–H and O–H groups in total. The number of amidine groups is 2. The second kappa shape index (κ2) is 6.28. The third-order valence-electron chi connectivity index (χ3n) is 3.17. The molecule has 1 aromatic carbocycles. The molecule has 1 aliphatic rings. The Hall–Kier alpha value is -2.94. The minimum absolute atomic E-state index is 0.0145. The lowest BCUT2D eigenvalue weighted by Gasteiger charge is -2.08. The number of hydrogen-bond acceptors (Lipinski definition) is 6. The standard InChI is InChI=1S/C15H15N5O3S/c1-10-7-8-12(21)13(17-10)18-15-14(19-24(22,23)20-15)16-9-11-5-3-2-4-6-11/h2-8,21H,9H2,1H3,(H,16,19)(H,17,18,20).